The minimum Gasteiger partial charge on any atom is -0.491 e. The van der Waals surface area contributed by atoms with Gasteiger partial charge in [-0.15, -0.1) is 0 Å². The van der Waals surface area contributed by atoms with Gasteiger partial charge in [0.05, 0.1) is 12.3 Å². The number of aryl methyl sites for hydroxylation is 2. The summed E-state index contributed by atoms with van der Waals surface area (Å²) in [5.41, 5.74) is 4.83. The van der Waals surface area contributed by atoms with Gasteiger partial charge in [0.15, 0.2) is 0 Å². The monoisotopic (exact) mass is 163 g/mol. The third kappa shape index (κ3) is 0.909. The molecule has 0 aliphatic carbocycles. The first kappa shape index (κ1) is 7.59. The Kier molecular flexibility index (Phi) is 1.56. The summed E-state index contributed by atoms with van der Waals surface area (Å²) in [5, 5.41) is 0. The average molecular weight is 163 g/mol. The van der Waals surface area contributed by atoms with E-state index >= 15 is 0 Å². The molecule has 2 heterocycles. The summed E-state index contributed by atoms with van der Waals surface area (Å²) in [5.74, 6) is 1.03. The first-order valence-electron chi connectivity index (χ1n) is 4.29. The van der Waals surface area contributed by atoms with Crippen LogP contribution in [0.5, 0.6) is 5.75 Å². The fourth-order valence-electron chi connectivity index (χ4n) is 1.74. The molecular weight excluding hydrogens is 150 g/mol. The van der Waals surface area contributed by atoms with Crippen molar-refractivity contribution < 1.29 is 4.74 Å². The molecule has 0 N–H and O–H groups in total. The Balaban J connectivity index is 2.69. The van der Waals surface area contributed by atoms with Crippen LogP contribution in [0.15, 0.2) is 0 Å². The molecule has 1 aromatic rings. The van der Waals surface area contributed by atoms with E-state index in [0.29, 0.717) is 0 Å². The van der Waals surface area contributed by atoms with Crippen LogP contribution >= 0.6 is 0 Å². The van der Waals surface area contributed by atoms with Gasteiger partial charge in [0.25, 0.3) is 0 Å². The van der Waals surface area contributed by atoms with Crippen LogP contribution in [0.25, 0.3) is 0 Å². The minimum atomic E-state index is 0.822. The van der Waals surface area contributed by atoms with Gasteiger partial charge in [0.2, 0.25) is 0 Å². The Morgan fingerprint density at radius 3 is 2.67 bits per heavy atom. The maximum absolute atomic E-state index is 5.50. The number of hydrogen-bond donors (Lipinski definition) is 0. The van der Waals surface area contributed by atoms with Crippen molar-refractivity contribution in [2.45, 2.75) is 27.2 Å². The van der Waals surface area contributed by atoms with Gasteiger partial charge in [-0.25, -0.2) is 0 Å². The van der Waals surface area contributed by atoms with E-state index in [9.17, 15) is 0 Å². The van der Waals surface area contributed by atoms with Crippen molar-refractivity contribution in [1.82, 2.24) is 4.98 Å². The second kappa shape index (κ2) is 2.47. The second-order valence-corrected chi connectivity index (χ2v) is 3.31. The van der Waals surface area contributed by atoms with Gasteiger partial charge in [0.1, 0.15) is 5.75 Å². The van der Waals surface area contributed by atoms with Crippen molar-refractivity contribution in [1.29, 1.82) is 0 Å². The highest BCUT2D eigenvalue weighted by Crippen LogP contribution is 2.31. The number of aromatic nitrogens is 1. The van der Waals surface area contributed by atoms with E-state index in [2.05, 4.69) is 18.8 Å². The molecule has 2 heteroatoms. The molecule has 0 saturated carbocycles. The van der Waals surface area contributed by atoms with Crippen molar-refractivity contribution in [3.63, 3.8) is 0 Å². The SMILES string of the molecule is Cc1nc(C)c2c(c1C)CCO2. The van der Waals surface area contributed by atoms with Crippen LogP contribution in [0.4, 0.5) is 0 Å². The average Bonchev–Trinajstić information content (AvgIpc) is 2.48. The largest absolute Gasteiger partial charge is 0.491 e. The van der Waals surface area contributed by atoms with Crippen LogP contribution in [-0.2, 0) is 6.42 Å². The molecule has 0 bridgehead atoms. The molecule has 64 valence electrons. The maximum Gasteiger partial charge on any atom is 0.144 e. The molecule has 1 aromatic heterocycles. The predicted octanol–water partition coefficient (Wildman–Crippen LogP) is 1.94. The zero-order chi connectivity index (χ0) is 8.72. The van der Waals surface area contributed by atoms with Crippen molar-refractivity contribution in [2.24, 2.45) is 0 Å². The van der Waals surface area contributed by atoms with Crippen LogP contribution in [-0.4, -0.2) is 11.6 Å². The number of hydrogen-bond acceptors (Lipinski definition) is 2. The second-order valence-electron chi connectivity index (χ2n) is 3.31. The Morgan fingerprint density at radius 2 is 1.92 bits per heavy atom. The summed E-state index contributed by atoms with van der Waals surface area (Å²) in [6, 6.07) is 0. The van der Waals surface area contributed by atoms with Gasteiger partial charge in [0, 0.05) is 17.7 Å². The minimum absolute atomic E-state index is 0.822. The summed E-state index contributed by atoms with van der Waals surface area (Å²) < 4.78 is 5.50. The number of pyridine rings is 1. The highest BCUT2D eigenvalue weighted by molar-refractivity contribution is 5.46. The third-order valence-corrected chi connectivity index (χ3v) is 2.53. The predicted molar refractivity (Wildman–Crippen MR) is 47.6 cm³/mol. The van der Waals surface area contributed by atoms with E-state index in [1.807, 2.05) is 6.92 Å². The third-order valence-electron chi connectivity index (χ3n) is 2.53. The molecule has 0 amide bonds. The zero-order valence-electron chi connectivity index (χ0n) is 7.77. The van der Waals surface area contributed by atoms with E-state index < -0.39 is 0 Å². The van der Waals surface area contributed by atoms with E-state index in [1.54, 1.807) is 0 Å². The number of fused-ring (bicyclic) bond motifs is 1. The lowest BCUT2D eigenvalue weighted by Crippen LogP contribution is -1.95. The molecule has 0 aromatic carbocycles. The number of nitrogens with zero attached hydrogens (tertiary/aromatic N) is 1. The Labute approximate surface area is 72.6 Å². The lowest BCUT2D eigenvalue weighted by molar-refractivity contribution is 0.353. The molecule has 1 aliphatic rings. The fourth-order valence-corrected chi connectivity index (χ4v) is 1.74. The molecular formula is C10H13NO. The van der Waals surface area contributed by atoms with Crippen LogP contribution in [0.2, 0.25) is 0 Å². The molecule has 2 rings (SSSR count). The Morgan fingerprint density at radius 1 is 1.17 bits per heavy atom. The normalized spacial score (nSPS) is 14.2. The number of ether oxygens (including phenoxy) is 1. The molecule has 0 spiro atoms. The highest BCUT2D eigenvalue weighted by Gasteiger charge is 2.18. The number of rotatable bonds is 0. The standard InChI is InChI=1S/C10H13NO/c1-6-7(2)11-8(3)10-9(6)4-5-12-10/h4-5H2,1-3H3. The van der Waals surface area contributed by atoms with Crippen LogP contribution in [0, 0.1) is 20.8 Å². The van der Waals surface area contributed by atoms with Gasteiger partial charge in [-0.1, -0.05) is 0 Å². The van der Waals surface area contributed by atoms with Crippen LogP contribution in [0.3, 0.4) is 0 Å². The van der Waals surface area contributed by atoms with Crippen molar-refractivity contribution >= 4 is 0 Å². The summed E-state index contributed by atoms with van der Waals surface area (Å²) in [6.45, 7) is 7.01. The Hall–Kier alpha value is -1.05. The molecule has 0 fully saturated rings. The van der Waals surface area contributed by atoms with E-state index in [-0.39, 0.29) is 0 Å². The lowest BCUT2D eigenvalue weighted by atomic mass is 10.0. The van der Waals surface area contributed by atoms with Gasteiger partial charge < -0.3 is 4.74 Å². The summed E-state index contributed by atoms with van der Waals surface area (Å²) in [6.07, 6.45) is 1.05. The fraction of sp³-hybridized carbons (Fsp3) is 0.500. The molecule has 0 unspecified atom stereocenters. The zero-order valence-corrected chi connectivity index (χ0v) is 7.77. The quantitative estimate of drug-likeness (QED) is 0.583. The van der Waals surface area contributed by atoms with Crippen LogP contribution < -0.4 is 4.74 Å². The van der Waals surface area contributed by atoms with Crippen molar-refractivity contribution in [3.8, 4) is 5.75 Å². The Bertz CT molecular complexity index is 331. The van der Waals surface area contributed by atoms with Gasteiger partial charge in [-0.3, -0.25) is 4.98 Å². The molecule has 0 atom stereocenters. The van der Waals surface area contributed by atoms with E-state index in [0.717, 1.165) is 30.2 Å². The first-order valence-corrected chi connectivity index (χ1v) is 4.29. The van der Waals surface area contributed by atoms with Crippen molar-refractivity contribution in [2.75, 3.05) is 6.61 Å². The molecule has 2 nitrogen and oxygen atoms in total. The van der Waals surface area contributed by atoms with Gasteiger partial charge in [-0.05, 0) is 26.3 Å². The van der Waals surface area contributed by atoms with E-state index in [4.69, 9.17) is 4.74 Å². The smallest absolute Gasteiger partial charge is 0.144 e. The van der Waals surface area contributed by atoms with Crippen molar-refractivity contribution in [3.05, 3.63) is 22.5 Å². The highest BCUT2D eigenvalue weighted by atomic mass is 16.5. The molecule has 0 radical (unpaired) electrons. The van der Waals surface area contributed by atoms with Crippen LogP contribution in [0.1, 0.15) is 22.5 Å². The molecule has 0 saturated heterocycles. The van der Waals surface area contributed by atoms with Gasteiger partial charge in [-0.2, -0.15) is 0 Å². The first-order chi connectivity index (χ1) is 5.70. The summed E-state index contributed by atoms with van der Waals surface area (Å²) in [4.78, 5) is 4.42. The summed E-state index contributed by atoms with van der Waals surface area (Å²) in [7, 11) is 0. The molecule has 1 aliphatic heterocycles. The lowest BCUT2D eigenvalue weighted by Gasteiger charge is -2.07. The topological polar surface area (TPSA) is 22.1 Å². The summed E-state index contributed by atoms with van der Waals surface area (Å²) >= 11 is 0. The molecule has 12 heavy (non-hydrogen) atoms. The maximum atomic E-state index is 5.50. The van der Waals surface area contributed by atoms with Gasteiger partial charge >= 0.3 is 0 Å². The van der Waals surface area contributed by atoms with E-state index in [1.165, 1.54) is 11.1 Å².